The highest BCUT2D eigenvalue weighted by molar-refractivity contribution is 5.81. The molecule has 0 aliphatic rings. The van der Waals surface area contributed by atoms with Gasteiger partial charge in [-0.15, -0.1) is 0 Å². The number of aliphatic hydroxyl groups excluding tert-OH is 2. The van der Waals surface area contributed by atoms with Gasteiger partial charge >= 0.3 is 0 Å². The molecule has 0 aromatic rings. The second-order valence-electron chi connectivity index (χ2n) is 5.30. The number of aliphatic hydroxyl groups is 2. The summed E-state index contributed by atoms with van der Waals surface area (Å²) in [7, 11) is 1.31. The van der Waals surface area contributed by atoms with E-state index in [1.165, 1.54) is 16.8 Å². The average Bonchev–Trinajstić information content (AvgIpc) is 2.59. The first-order chi connectivity index (χ1) is 12.9. The van der Waals surface area contributed by atoms with Crippen molar-refractivity contribution in [3.05, 3.63) is 0 Å². The number of carbonyl (C=O) groups excluding carboxylic acids is 3. The van der Waals surface area contributed by atoms with E-state index in [-0.39, 0.29) is 39.3 Å². The van der Waals surface area contributed by atoms with Crippen LogP contribution in [-0.2, 0) is 14.4 Å². The maximum Gasteiger partial charge on any atom is 0.235 e. The summed E-state index contributed by atoms with van der Waals surface area (Å²) in [5.74, 6) is -2.13. The van der Waals surface area contributed by atoms with Crippen LogP contribution in [0.2, 0.25) is 0 Å². The molecule has 0 bridgehead atoms. The summed E-state index contributed by atoms with van der Waals surface area (Å²) < 4.78 is 0. The molecule has 0 aliphatic heterocycles. The summed E-state index contributed by atoms with van der Waals surface area (Å²) in [5.41, 5.74) is 0. The molecule has 0 heterocycles. The molecule has 0 saturated heterocycles. The largest absolute Gasteiger partial charge is 0.861 e. The molecule has 13 heteroatoms. The topological polar surface area (TPSA) is 193 Å². The first-order valence-electron chi connectivity index (χ1n) is 8.03. The number of aliphatic imine (C=N–C) groups is 1. The van der Waals surface area contributed by atoms with Gasteiger partial charge in [0.05, 0.1) is 19.6 Å². The zero-order valence-corrected chi connectivity index (χ0v) is 15.1. The fourth-order valence-electron chi connectivity index (χ4n) is 2.01. The van der Waals surface area contributed by atoms with Crippen LogP contribution in [0.5, 0.6) is 0 Å². The molecule has 13 nitrogen and oxygen atoms in total. The molecule has 0 aromatic carbocycles. The van der Waals surface area contributed by atoms with Gasteiger partial charge in [-0.05, 0) is 5.90 Å². The molecule has 0 saturated carbocycles. The second-order valence-corrected chi connectivity index (χ2v) is 5.30. The fourth-order valence-corrected chi connectivity index (χ4v) is 2.01. The van der Waals surface area contributed by atoms with Crippen LogP contribution in [0.4, 0.5) is 0 Å². The third-order valence-corrected chi connectivity index (χ3v) is 3.26. The lowest BCUT2D eigenvalue weighted by Gasteiger charge is -2.28. The number of hydrogen-bond donors (Lipinski definition) is 5. The monoisotopic (exact) mass is 390 g/mol. The van der Waals surface area contributed by atoms with Crippen LogP contribution < -0.4 is 26.2 Å². The van der Waals surface area contributed by atoms with Gasteiger partial charge in [0.25, 0.3) is 0 Å². The minimum absolute atomic E-state index is 0.106. The molecule has 0 aliphatic carbocycles. The van der Waals surface area contributed by atoms with Crippen molar-refractivity contribution in [3.8, 4) is 0 Å². The summed E-state index contributed by atoms with van der Waals surface area (Å²) in [6, 6.07) is 0. The number of hydrogen-bond acceptors (Lipinski definition) is 10. The van der Waals surface area contributed by atoms with E-state index >= 15 is 0 Å². The van der Waals surface area contributed by atoms with Crippen molar-refractivity contribution in [2.45, 2.75) is 0 Å². The maximum atomic E-state index is 11.6. The Morgan fingerprint density at radius 2 is 1.26 bits per heavy atom. The van der Waals surface area contributed by atoms with Crippen molar-refractivity contribution in [2.75, 3.05) is 66.5 Å². The highest BCUT2D eigenvalue weighted by Crippen LogP contribution is 1.94. The van der Waals surface area contributed by atoms with Crippen molar-refractivity contribution in [1.82, 2.24) is 25.8 Å². The Morgan fingerprint density at radius 1 is 0.852 bits per heavy atom. The molecule has 0 aromatic heterocycles. The summed E-state index contributed by atoms with van der Waals surface area (Å²) in [6.45, 7) is -2.58. The minimum Gasteiger partial charge on any atom is -0.861 e. The Labute approximate surface area is 156 Å². The van der Waals surface area contributed by atoms with Crippen LogP contribution in [0.25, 0.3) is 0 Å². The van der Waals surface area contributed by atoms with Crippen molar-refractivity contribution in [1.29, 1.82) is 0 Å². The lowest BCUT2D eigenvalue weighted by molar-refractivity contribution is -0.372. The molecule has 0 atom stereocenters. The number of rotatable bonds is 14. The summed E-state index contributed by atoms with van der Waals surface area (Å²) in [6.07, 6.45) is 0. The van der Waals surface area contributed by atoms with E-state index in [9.17, 15) is 24.6 Å². The number of carbonyl (C=O) groups is 3. The summed E-state index contributed by atoms with van der Waals surface area (Å²) >= 11 is 0. The van der Waals surface area contributed by atoms with Gasteiger partial charge in [-0.25, -0.2) is 0 Å². The van der Waals surface area contributed by atoms with E-state index in [4.69, 9.17) is 10.2 Å². The Kier molecular flexibility index (Phi) is 13.5. The predicted molar refractivity (Wildman–Crippen MR) is 89.7 cm³/mol. The first-order valence-corrected chi connectivity index (χ1v) is 8.03. The van der Waals surface area contributed by atoms with E-state index in [1.54, 1.807) is 0 Å². The normalized spacial score (nSPS) is 11.6. The minimum atomic E-state index is -0.810. The maximum absolute atomic E-state index is 11.6. The standard InChI is InChI=1S/C14H27N6O7/c1-15-11(24)4-19(5-12(25)16-8-21)2-3-20(6-13(26)17-9-22)7-14(27)18-10-23/h21-22H,2-10H2,1H3,(H,15,24)(H,16,25)(H,17,26)(H,18,27)/q-1/p-1. The molecule has 3 amide bonds. The van der Waals surface area contributed by atoms with Gasteiger partial charge in [0.2, 0.25) is 17.7 Å². The number of nitrogens with zero attached hydrogens (tertiary/aromatic N) is 3. The second kappa shape index (κ2) is 14.8. The molecule has 5 N–H and O–H groups in total. The van der Waals surface area contributed by atoms with Gasteiger partial charge in [-0.3, -0.25) is 24.2 Å². The molecular weight excluding hydrogens is 364 g/mol. The molecule has 27 heavy (non-hydrogen) atoms. The predicted octanol–water partition coefficient (Wildman–Crippen LogP) is -6.46. The Morgan fingerprint density at radius 3 is 1.63 bits per heavy atom. The third-order valence-electron chi connectivity index (χ3n) is 3.26. The smallest absolute Gasteiger partial charge is 0.235 e. The van der Waals surface area contributed by atoms with Gasteiger partial charge in [-0.1, -0.05) is 6.73 Å². The third kappa shape index (κ3) is 12.6. The van der Waals surface area contributed by atoms with Gasteiger partial charge in [-0.2, -0.15) is 0 Å². The summed E-state index contributed by atoms with van der Waals surface area (Å²) in [4.78, 5) is 41.2. The zero-order chi connectivity index (χ0) is 20.7. The molecule has 0 fully saturated rings. The molecular formula is C14H26N6O7-2. The molecule has 0 spiro atoms. The average molecular weight is 390 g/mol. The highest BCUT2D eigenvalue weighted by atomic mass is 16.3. The van der Waals surface area contributed by atoms with E-state index in [0.29, 0.717) is 0 Å². The fraction of sp³-hybridized carbons (Fsp3) is 0.714. The van der Waals surface area contributed by atoms with Crippen LogP contribution in [0.1, 0.15) is 0 Å². The summed E-state index contributed by atoms with van der Waals surface area (Å²) in [5, 5.41) is 45.9. The van der Waals surface area contributed by atoms with Crippen LogP contribution in [0.15, 0.2) is 4.99 Å². The molecule has 0 unspecified atom stereocenters. The van der Waals surface area contributed by atoms with Crippen molar-refractivity contribution < 1.29 is 34.8 Å². The molecule has 0 rings (SSSR count). The first kappa shape index (κ1) is 24.7. The van der Waals surface area contributed by atoms with E-state index in [2.05, 4.69) is 20.9 Å². The van der Waals surface area contributed by atoms with Crippen molar-refractivity contribution in [3.63, 3.8) is 0 Å². The molecule has 156 valence electrons. The quantitative estimate of drug-likeness (QED) is 0.109. The number of amides is 3. The lowest BCUT2D eigenvalue weighted by Crippen LogP contribution is -2.49. The van der Waals surface area contributed by atoms with Crippen LogP contribution in [-0.4, -0.2) is 110 Å². The van der Waals surface area contributed by atoms with E-state index in [0.717, 1.165) is 0 Å². The number of nitrogens with one attached hydrogen (secondary N) is 3. The SMILES string of the molecule is CN=C([O-])CN(CCN(CC(=O)NC[O-])CC(=O)NCO)CC(=O)NCO. The van der Waals surface area contributed by atoms with E-state index < -0.39 is 43.8 Å². The van der Waals surface area contributed by atoms with Gasteiger partial charge in [0.1, 0.15) is 13.5 Å². The van der Waals surface area contributed by atoms with Gasteiger partial charge < -0.3 is 41.4 Å². The Hall–Kier alpha value is -2.32. The Bertz CT molecular complexity index is 482. The van der Waals surface area contributed by atoms with Crippen molar-refractivity contribution in [2.24, 2.45) is 4.99 Å². The van der Waals surface area contributed by atoms with Gasteiger partial charge in [0.15, 0.2) is 0 Å². The zero-order valence-electron chi connectivity index (χ0n) is 15.1. The lowest BCUT2D eigenvalue weighted by atomic mass is 10.3. The van der Waals surface area contributed by atoms with Crippen LogP contribution >= 0.6 is 0 Å². The van der Waals surface area contributed by atoms with Gasteiger partial charge in [0, 0.05) is 26.7 Å². The Balaban J connectivity index is 4.93. The van der Waals surface area contributed by atoms with Crippen molar-refractivity contribution >= 4 is 23.6 Å². The highest BCUT2D eigenvalue weighted by Gasteiger charge is 2.17. The van der Waals surface area contributed by atoms with Crippen LogP contribution in [0, 0.1) is 0 Å². The van der Waals surface area contributed by atoms with E-state index in [1.807, 2.05) is 0 Å². The molecule has 0 radical (unpaired) electrons. The van der Waals surface area contributed by atoms with Crippen LogP contribution in [0.3, 0.4) is 0 Å².